The molecule has 22 nitrogen and oxygen atoms in total. The van der Waals surface area contributed by atoms with Gasteiger partial charge in [0.2, 0.25) is 0 Å². The lowest BCUT2D eigenvalue weighted by atomic mass is 9.87. The first-order valence-electron chi connectivity index (χ1n) is 45.8. The molecule has 12 aromatic carbocycles. The molecule has 0 amide bonds. The molecule has 716 valence electrons. The van der Waals surface area contributed by atoms with Crippen LogP contribution in [0.15, 0.2) is 291 Å². The largest absolute Gasteiger partial charge is 0.508 e. The van der Waals surface area contributed by atoms with Crippen molar-refractivity contribution in [2.75, 3.05) is 27.9 Å². The number of rotatable bonds is 29. The Balaban J connectivity index is 0.000000157. The second-order valence-electron chi connectivity index (χ2n) is 35.7. The topological polar surface area (TPSA) is 369 Å². The summed E-state index contributed by atoms with van der Waals surface area (Å²) < 4.78 is 63.0. The van der Waals surface area contributed by atoms with Crippen LogP contribution in [0.2, 0.25) is 0 Å². The summed E-state index contributed by atoms with van der Waals surface area (Å²) in [6.45, 7) is -1.01. The van der Waals surface area contributed by atoms with Gasteiger partial charge >= 0.3 is 7.60 Å². The van der Waals surface area contributed by atoms with E-state index in [1.807, 2.05) is 152 Å². The molecule has 5 saturated heterocycles. The van der Waals surface area contributed by atoms with Crippen molar-refractivity contribution in [3.05, 3.63) is 353 Å². The van der Waals surface area contributed by atoms with Crippen molar-refractivity contribution < 1.29 is 108 Å². The first kappa shape index (κ1) is 101. The first-order valence-corrected chi connectivity index (χ1v) is 48.7. The normalized spacial score (nSPS) is 24.0. The van der Waals surface area contributed by atoms with Crippen LogP contribution in [-0.2, 0) is 14.0 Å². The Kier molecular flexibility index (Phi) is 33.3. The SMILES string of the molecule is O=P(O)(O)c1ccc(-c2ccc([C@@H]3[C@@H](CCC[C@@H](O)c4ccc(F)cc4)CC(=S)N3c3ccccc3)c(O)c2)cc1.OCC1OC(c2ccc(-c3ccc(C4C(CCCC(O)c5ccc(F)cc5)CC(=S)N4c4ccccc4)c(O)c3)cc2)C(O)C(O)C1O.OC[C@H]1O[C@@H](c2ccc(-c3ccc([C@@H]4[C@@H](CCCC(O)c5ccc(F)cc5)CC(=S)N4c4ccccc4)c(O)c3)cc2)[C@H](O)[C@@H](O)[C@@H]1O. The minimum absolute atomic E-state index is 0.0625. The molecule has 0 spiro atoms. The van der Waals surface area contributed by atoms with Gasteiger partial charge in [0.25, 0.3) is 0 Å². The van der Waals surface area contributed by atoms with Crippen LogP contribution in [0.1, 0.15) is 170 Å². The molecular weight excluding hydrogens is 1830 g/mol. The number of nitrogens with zero attached hydrogens (tertiary/aromatic N) is 3. The predicted octanol–water partition coefficient (Wildman–Crippen LogP) is 17.8. The standard InChI is InChI=1S/2C38H40FNO7S.C32H31FNO5PS/c2*39-27-16-13-23(14-17-27)30(42)8-4-5-26-20-33(48)40(28-6-2-1-3-7-28)34(26)29-18-15-25(19-31(29)43)22-9-11-24(12-10-22)38-37(46)36(45)35(44)32(21-41)47-38;33-25-14-9-22(10-15-25)29(35)8-4-5-24-20-31(41)34(26-6-2-1-3-7-26)32(24)28-18-13-23(19-30(28)36)21-11-16-27(17-12-21)40(37,38)39/h2*1-3,6-7,9-19,26,30,32,34-38,41-46H,4-5,8,20-21H2;1-3,6-7,9-19,24,29,32,35-36H,4-5,8,20H2,(H2,37,38,39)/t26-,30?,32+,34-,35+,36-,37+,38-;;24-,29+,32-/m0.0/s1. The van der Waals surface area contributed by atoms with Gasteiger partial charge in [-0.3, -0.25) is 4.57 Å². The van der Waals surface area contributed by atoms with Crippen molar-refractivity contribution in [2.24, 2.45) is 17.8 Å². The number of benzene rings is 12. The highest BCUT2D eigenvalue weighted by Gasteiger charge is 2.48. The molecule has 5 aliphatic heterocycles. The maximum absolute atomic E-state index is 13.4. The van der Waals surface area contributed by atoms with Crippen LogP contribution in [0.25, 0.3) is 33.4 Å². The first-order chi connectivity index (χ1) is 65.9. The van der Waals surface area contributed by atoms with E-state index in [1.165, 1.54) is 48.5 Å². The van der Waals surface area contributed by atoms with Crippen molar-refractivity contribution in [3.63, 3.8) is 0 Å². The van der Waals surface area contributed by atoms with Crippen LogP contribution in [-0.4, -0.2) is 158 Å². The van der Waals surface area contributed by atoms with Gasteiger partial charge in [-0.2, -0.15) is 0 Å². The van der Waals surface area contributed by atoms with E-state index in [9.17, 15) is 99.0 Å². The zero-order valence-electron chi connectivity index (χ0n) is 74.6. The molecule has 29 heteroatoms. The molecule has 5 fully saturated rings. The highest BCUT2D eigenvalue weighted by atomic mass is 32.1. The number of thiocarbonyl (C=S) groups is 3. The van der Waals surface area contributed by atoms with Gasteiger partial charge in [0.1, 0.15) is 95.7 Å². The van der Waals surface area contributed by atoms with E-state index >= 15 is 0 Å². The number of hydrogen-bond acceptors (Lipinski definition) is 20. The summed E-state index contributed by atoms with van der Waals surface area (Å²) in [5.74, 6) is -0.435. The Bertz CT molecular complexity index is 5860. The molecule has 0 radical (unpaired) electrons. The molecule has 16 N–H and O–H groups in total. The van der Waals surface area contributed by atoms with Gasteiger partial charge in [-0.15, -0.1) is 0 Å². The third-order valence-corrected chi connectivity index (χ3v) is 28.9. The van der Waals surface area contributed by atoms with Crippen molar-refractivity contribution in [1.82, 2.24) is 0 Å². The van der Waals surface area contributed by atoms with Gasteiger partial charge in [-0.05, 0) is 221 Å². The molecule has 17 rings (SSSR count). The van der Waals surface area contributed by atoms with Crippen LogP contribution in [0, 0.1) is 35.2 Å². The summed E-state index contributed by atoms with van der Waals surface area (Å²) >= 11 is 17.7. The lowest BCUT2D eigenvalue weighted by Crippen LogP contribution is -2.55. The van der Waals surface area contributed by atoms with E-state index in [2.05, 4.69) is 14.7 Å². The molecular formula is C108H111F3N3O19PS3. The average molecular weight is 1940 g/mol. The summed E-state index contributed by atoms with van der Waals surface area (Å²) in [5.41, 5.74) is 12.8. The number of para-hydroxylation sites is 3. The fourth-order valence-electron chi connectivity index (χ4n) is 19.6. The van der Waals surface area contributed by atoms with Gasteiger partial charge in [0.05, 0.1) is 69.9 Å². The minimum Gasteiger partial charge on any atom is -0.508 e. The third-order valence-electron chi connectivity index (χ3n) is 26.8. The monoisotopic (exact) mass is 1940 g/mol. The second kappa shape index (κ2) is 45.4. The van der Waals surface area contributed by atoms with Crippen LogP contribution in [0.3, 0.4) is 0 Å². The van der Waals surface area contributed by atoms with Crippen molar-refractivity contribution >= 4 is 81.6 Å². The van der Waals surface area contributed by atoms with E-state index in [4.69, 9.17) is 46.1 Å². The number of ether oxygens (including phenoxy) is 2. The predicted molar refractivity (Wildman–Crippen MR) is 530 cm³/mol. The fourth-order valence-corrected chi connectivity index (χ4v) is 21.4. The van der Waals surface area contributed by atoms with E-state index in [0.717, 1.165) is 102 Å². The Morgan fingerprint density at radius 3 is 0.861 bits per heavy atom. The smallest absolute Gasteiger partial charge is 0.356 e. The van der Waals surface area contributed by atoms with Crippen LogP contribution in [0.4, 0.5) is 30.2 Å². The van der Waals surface area contributed by atoms with Gasteiger partial charge in [-0.25, -0.2) is 13.2 Å². The molecule has 0 aromatic heterocycles. The summed E-state index contributed by atoms with van der Waals surface area (Å²) in [5, 5.41) is 147. The molecule has 0 aliphatic carbocycles. The molecule has 9 unspecified atom stereocenters. The Labute approximate surface area is 808 Å². The number of halogens is 3. The van der Waals surface area contributed by atoms with E-state index < -0.39 is 100 Å². The molecule has 137 heavy (non-hydrogen) atoms. The number of aliphatic hydroxyl groups excluding tert-OH is 11. The second-order valence-corrected chi connectivity index (χ2v) is 38.7. The molecule has 12 aromatic rings. The van der Waals surface area contributed by atoms with E-state index in [0.29, 0.717) is 84.7 Å². The lowest BCUT2D eigenvalue weighted by Gasteiger charge is -2.40. The quantitative estimate of drug-likeness (QED) is 0.0153. The van der Waals surface area contributed by atoms with Crippen molar-refractivity contribution in [2.45, 2.75) is 175 Å². The number of phenolic OH excluding ortho intramolecular Hbond substituents is 3. The van der Waals surface area contributed by atoms with Crippen LogP contribution < -0.4 is 20.0 Å². The number of anilines is 3. The lowest BCUT2D eigenvalue weighted by molar-refractivity contribution is -0.231. The summed E-state index contributed by atoms with van der Waals surface area (Å²) in [4.78, 5) is 27.5. The average Bonchev–Trinajstić information content (AvgIpc) is 1.21. The van der Waals surface area contributed by atoms with Crippen molar-refractivity contribution in [1.29, 1.82) is 0 Å². The molecule has 0 bridgehead atoms. The molecule has 5 heterocycles. The maximum atomic E-state index is 13.4. The molecule has 5 aliphatic rings. The minimum atomic E-state index is -4.34. The van der Waals surface area contributed by atoms with Crippen LogP contribution >= 0.6 is 44.2 Å². The Morgan fingerprint density at radius 1 is 0.343 bits per heavy atom. The Hall–Kier alpha value is -10.9. The third kappa shape index (κ3) is 23.5. The highest BCUT2D eigenvalue weighted by molar-refractivity contribution is 7.81. The summed E-state index contributed by atoms with van der Waals surface area (Å²) in [6, 6.07) is 83.5. The fraction of sp³-hybridized carbons (Fsp3) is 0.306. The summed E-state index contributed by atoms with van der Waals surface area (Å²) in [6.07, 6.45) is -6.59. The zero-order valence-corrected chi connectivity index (χ0v) is 78.0. The molecule has 19 atom stereocenters. The van der Waals surface area contributed by atoms with Gasteiger partial charge in [0.15, 0.2) is 0 Å². The number of aromatic hydroxyl groups is 3. The van der Waals surface area contributed by atoms with Crippen molar-refractivity contribution in [3.8, 4) is 50.6 Å². The van der Waals surface area contributed by atoms with Gasteiger partial charge in [-0.1, -0.05) is 244 Å². The van der Waals surface area contributed by atoms with E-state index in [-0.39, 0.29) is 75.9 Å². The number of phenols is 3. The van der Waals surface area contributed by atoms with Crippen LogP contribution in [0.5, 0.6) is 17.2 Å². The summed E-state index contributed by atoms with van der Waals surface area (Å²) in [7, 11) is -4.34. The van der Waals surface area contributed by atoms with Gasteiger partial charge in [0, 0.05) is 53.0 Å². The molecule has 0 saturated carbocycles. The Morgan fingerprint density at radius 2 is 0.606 bits per heavy atom. The van der Waals surface area contributed by atoms with E-state index in [1.54, 1.807) is 91.0 Å². The number of aliphatic hydroxyl groups is 11. The zero-order chi connectivity index (χ0) is 97.0. The van der Waals surface area contributed by atoms with Gasteiger partial charge < -0.3 is 105 Å². The maximum Gasteiger partial charge on any atom is 0.356 e. The highest BCUT2D eigenvalue weighted by Crippen LogP contribution is 2.53. The number of hydrogen-bond donors (Lipinski definition) is 16.